The highest BCUT2D eigenvalue weighted by Gasteiger charge is 2.28. The fourth-order valence-corrected chi connectivity index (χ4v) is 5.31. The summed E-state index contributed by atoms with van der Waals surface area (Å²) in [4.78, 5) is 74.9. The van der Waals surface area contributed by atoms with Crippen LogP contribution in [0.15, 0.2) is 0 Å². The zero-order valence-electron chi connectivity index (χ0n) is 35.1. The lowest BCUT2D eigenvalue weighted by atomic mass is 10.2. The van der Waals surface area contributed by atoms with Crippen molar-refractivity contribution in [2.75, 3.05) is 105 Å². The smallest absolute Gasteiger partial charge is 0.326 e. The second-order valence-corrected chi connectivity index (χ2v) is 17.5. The van der Waals surface area contributed by atoms with E-state index in [9.17, 15) is 24.0 Å². The predicted molar refractivity (Wildman–Crippen MR) is 202 cm³/mol. The number of carbonyl (C=O) groups is 5. The number of esters is 4. The van der Waals surface area contributed by atoms with Gasteiger partial charge in [-0.1, -0.05) is 0 Å². The summed E-state index contributed by atoms with van der Waals surface area (Å²) in [5.74, 6) is -1.92. The predicted octanol–water partition coefficient (Wildman–Crippen LogP) is 2.44. The summed E-state index contributed by atoms with van der Waals surface area (Å²) in [7, 11) is 0. The van der Waals surface area contributed by atoms with Crippen LogP contribution in [0.3, 0.4) is 0 Å². The molecule has 15 nitrogen and oxygen atoms in total. The molecule has 1 aliphatic rings. The van der Waals surface area contributed by atoms with Crippen molar-refractivity contribution in [3.63, 3.8) is 0 Å². The van der Waals surface area contributed by atoms with Crippen molar-refractivity contribution in [3.05, 3.63) is 0 Å². The van der Waals surface area contributed by atoms with E-state index in [2.05, 4.69) is 0 Å². The van der Waals surface area contributed by atoms with Gasteiger partial charge in [-0.15, -0.1) is 0 Å². The van der Waals surface area contributed by atoms with E-state index in [1.54, 1.807) is 20.8 Å². The Balaban J connectivity index is 3.40. The van der Waals surface area contributed by atoms with E-state index in [4.69, 9.17) is 23.7 Å². The monoisotopic (exact) mass is 758 g/mol. The molecule has 308 valence electrons. The maximum Gasteiger partial charge on any atom is 0.326 e. The minimum Gasteiger partial charge on any atom is -0.459 e. The van der Waals surface area contributed by atoms with Crippen LogP contribution in [-0.2, 0) is 47.7 Å². The van der Waals surface area contributed by atoms with Gasteiger partial charge in [0.15, 0.2) is 0 Å². The highest BCUT2D eigenvalue weighted by molar-refractivity contribution is 5.83. The van der Waals surface area contributed by atoms with E-state index < -0.39 is 28.4 Å². The van der Waals surface area contributed by atoms with Crippen LogP contribution in [0.5, 0.6) is 0 Å². The van der Waals surface area contributed by atoms with E-state index >= 15 is 0 Å². The summed E-state index contributed by atoms with van der Waals surface area (Å²) in [6.45, 7) is 27.6. The highest BCUT2D eigenvalue weighted by Crippen LogP contribution is 2.12. The van der Waals surface area contributed by atoms with Crippen molar-refractivity contribution >= 4 is 29.8 Å². The third-order valence-electron chi connectivity index (χ3n) is 7.41. The molecule has 0 saturated carbocycles. The summed E-state index contributed by atoms with van der Waals surface area (Å²) in [5.41, 5.74) is -2.69. The van der Waals surface area contributed by atoms with Gasteiger partial charge >= 0.3 is 23.9 Å². The fraction of sp³-hybridized carbons (Fsp3) is 0.868. The number of ether oxygens (including phenoxy) is 5. The molecule has 0 aromatic heterocycles. The third kappa shape index (κ3) is 25.0. The molecule has 0 unspecified atom stereocenters. The number of hydrogen-bond acceptors (Lipinski definition) is 14. The fourth-order valence-electron chi connectivity index (χ4n) is 5.31. The van der Waals surface area contributed by atoms with E-state index in [0.29, 0.717) is 59.0 Å². The number of amides is 1. The number of rotatable bonds is 14. The molecule has 53 heavy (non-hydrogen) atoms. The molecule has 15 heteroatoms. The molecule has 0 aromatic carbocycles. The third-order valence-corrected chi connectivity index (χ3v) is 7.41. The van der Waals surface area contributed by atoms with E-state index in [-0.39, 0.29) is 69.7 Å². The van der Waals surface area contributed by atoms with E-state index in [0.717, 1.165) is 0 Å². The highest BCUT2D eigenvalue weighted by atomic mass is 16.6. The molecule has 0 spiro atoms. The second-order valence-electron chi connectivity index (χ2n) is 17.5. The van der Waals surface area contributed by atoms with Crippen LogP contribution in [0.25, 0.3) is 0 Å². The standard InChI is InChI=1S/C38H71N5O10/c1-14-49-24-23-43(29-34(48)53-38(11,12)13)30(44)25-39-15-17-40(26-31(45)50-35(2,3)4)19-21-42(28-33(47)52-37(8,9)10)22-20-41(18-16-39)27-32(46)51-36(5,6)7/h14-29H2,1-13H3. The first kappa shape index (κ1) is 48.2. The summed E-state index contributed by atoms with van der Waals surface area (Å²) in [5, 5.41) is 0. The van der Waals surface area contributed by atoms with E-state index in [1.165, 1.54) is 4.90 Å². The Bertz CT molecular complexity index is 1120. The maximum atomic E-state index is 13.9. The Morgan fingerprint density at radius 3 is 1.04 bits per heavy atom. The molecule has 1 saturated heterocycles. The normalized spacial score (nSPS) is 16.9. The van der Waals surface area contributed by atoms with Crippen molar-refractivity contribution in [1.82, 2.24) is 24.5 Å². The molecular weight excluding hydrogens is 686 g/mol. The number of carbonyl (C=O) groups excluding carboxylic acids is 5. The van der Waals surface area contributed by atoms with Crippen LogP contribution in [0.2, 0.25) is 0 Å². The second kappa shape index (κ2) is 21.9. The number of nitrogens with zero attached hydrogens (tertiary/aromatic N) is 5. The lowest BCUT2D eigenvalue weighted by Gasteiger charge is -2.35. The van der Waals surface area contributed by atoms with Crippen molar-refractivity contribution < 1.29 is 47.7 Å². The number of hydrogen-bond donors (Lipinski definition) is 0. The molecule has 0 bridgehead atoms. The lowest BCUT2D eigenvalue weighted by Crippen LogP contribution is -2.51. The zero-order chi connectivity index (χ0) is 40.6. The average Bonchev–Trinajstić information content (AvgIpc) is 2.94. The van der Waals surface area contributed by atoms with Gasteiger partial charge in [0.2, 0.25) is 5.91 Å². The van der Waals surface area contributed by atoms with Crippen LogP contribution < -0.4 is 0 Å². The minimum absolute atomic E-state index is 0.0136. The lowest BCUT2D eigenvalue weighted by molar-refractivity contribution is -0.159. The van der Waals surface area contributed by atoms with Crippen LogP contribution in [-0.4, -0.2) is 182 Å². The van der Waals surface area contributed by atoms with Crippen molar-refractivity contribution in [2.45, 2.75) is 112 Å². The van der Waals surface area contributed by atoms with Gasteiger partial charge in [0.1, 0.15) is 28.9 Å². The first-order valence-electron chi connectivity index (χ1n) is 18.9. The molecule has 1 amide bonds. The summed E-state index contributed by atoms with van der Waals surface area (Å²) < 4.78 is 27.9. The Morgan fingerprint density at radius 2 is 0.755 bits per heavy atom. The maximum absolute atomic E-state index is 13.9. The van der Waals surface area contributed by atoms with Crippen LogP contribution in [0.1, 0.15) is 90.0 Å². The molecule has 0 N–H and O–H groups in total. The van der Waals surface area contributed by atoms with Gasteiger partial charge in [0.25, 0.3) is 0 Å². The Morgan fingerprint density at radius 1 is 0.472 bits per heavy atom. The summed E-state index contributed by atoms with van der Waals surface area (Å²) in [6, 6.07) is 0. The van der Waals surface area contributed by atoms with Crippen LogP contribution >= 0.6 is 0 Å². The molecule has 0 aliphatic carbocycles. The Hall–Kier alpha value is -2.85. The molecule has 1 heterocycles. The zero-order valence-corrected chi connectivity index (χ0v) is 35.1. The largest absolute Gasteiger partial charge is 0.459 e. The molecule has 0 atom stereocenters. The molecule has 0 radical (unpaired) electrons. The Kier molecular flexibility index (Phi) is 19.9. The van der Waals surface area contributed by atoms with E-state index in [1.807, 2.05) is 88.8 Å². The minimum atomic E-state index is -0.708. The summed E-state index contributed by atoms with van der Waals surface area (Å²) >= 11 is 0. The quantitative estimate of drug-likeness (QED) is 0.145. The van der Waals surface area contributed by atoms with Crippen molar-refractivity contribution in [2.24, 2.45) is 0 Å². The molecule has 1 aliphatic heterocycles. The molecular formula is C38H71N5O10. The molecule has 0 aromatic rings. The van der Waals surface area contributed by atoms with Gasteiger partial charge in [-0.3, -0.25) is 43.6 Å². The van der Waals surface area contributed by atoms with Crippen molar-refractivity contribution in [3.8, 4) is 0 Å². The molecule has 1 rings (SSSR count). The Labute approximate surface area is 318 Å². The van der Waals surface area contributed by atoms with Gasteiger partial charge in [-0.25, -0.2) is 0 Å². The first-order chi connectivity index (χ1) is 24.2. The summed E-state index contributed by atoms with van der Waals surface area (Å²) in [6.07, 6.45) is 0. The SMILES string of the molecule is CCOCCN(CC(=O)OC(C)(C)C)C(=O)CN1CCN(CC(=O)OC(C)(C)C)CCN(CC(=O)OC(C)(C)C)CCN(CC(=O)OC(C)(C)C)CC1. The first-order valence-corrected chi connectivity index (χ1v) is 18.9. The van der Waals surface area contributed by atoms with Gasteiger partial charge in [-0.05, 0) is 90.0 Å². The average molecular weight is 758 g/mol. The van der Waals surface area contributed by atoms with Gasteiger partial charge in [-0.2, -0.15) is 0 Å². The van der Waals surface area contributed by atoms with Gasteiger partial charge in [0, 0.05) is 65.5 Å². The van der Waals surface area contributed by atoms with Crippen LogP contribution in [0.4, 0.5) is 0 Å². The van der Waals surface area contributed by atoms with Crippen LogP contribution in [0, 0.1) is 0 Å². The van der Waals surface area contributed by atoms with Crippen molar-refractivity contribution in [1.29, 1.82) is 0 Å². The topological polar surface area (TPSA) is 148 Å². The van der Waals surface area contributed by atoms with Gasteiger partial charge in [0.05, 0.1) is 32.8 Å². The molecule has 1 fully saturated rings. The van der Waals surface area contributed by atoms with Gasteiger partial charge < -0.3 is 28.6 Å².